The molecule has 12 nitrogen and oxygen atoms in total. The first-order valence-corrected chi connectivity index (χ1v) is 25.1. The van der Waals surface area contributed by atoms with Crippen LogP contribution < -0.4 is 0 Å². The van der Waals surface area contributed by atoms with Gasteiger partial charge in [-0.3, -0.25) is 19.2 Å². The maximum Gasteiger partial charge on any atom is 0.323 e. The first kappa shape index (κ1) is 46.2. The van der Waals surface area contributed by atoms with Crippen molar-refractivity contribution < 1.29 is 55.0 Å². The molecule has 6 aromatic rings. The third-order valence-electron chi connectivity index (χ3n) is 14.1. The summed E-state index contributed by atoms with van der Waals surface area (Å²) in [6.45, 7) is 0. The van der Waals surface area contributed by atoms with Crippen molar-refractivity contribution in [2.45, 2.75) is 70.9 Å². The number of fused-ring (bicyclic) bond motifs is 10. The van der Waals surface area contributed by atoms with Crippen LogP contribution in [0.15, 0.2) is 141 Å². The lowest BCUT2D eigenvalue weighted by molar-refractivity contribution is -0.170. The van der Waals surface area contributed by atoms with E-state index in [2.05, 4.69) is 0 Å². The van der Waals surface area contributed by atoms with Crippen molar-refractivity contribution in [1.82, 2.24) is 0 Å². The van der Waals surface area contributed by atoms with E-state index in [9.17, 15) is 36.0 Å². The van der Waals surface area contributed by atoms with Gasteiger partial charge in [0.1, 0.15) is 0 Å². The topological polar surface area (TPSA) is 173 Å². The number of carbonyl (C=O) groups excluding carboxylic acids is 4. The van der Waals surface area contributed by atoms with Crippen LogP contribution in [0.1, 0.15) is 44.5 Å². The number of ether oxygens (including phenoxy) is 4. The van der Waals surface area contributed by atoms with E-state index in [1.165, 1.54) is 28.4 Å². The van der Waals surface area contributed by atoms with Crippen LogP contribution in [-0.4, -0.2) is 69.2 Å². The minimum Gasteiger partial charge on any atom is -0.468 e. The fourth-order valence-corrected chi connectivity index (χ4v) is 13.2. The lowest BCUT2D eigenvalue weighted by Gasteiger charge is -2.24. The standard InChI is InChI=1S/2C27H24O6S/c2*1-32-25(28)27(26(29)33-2)15-18-10-13-21-22(24(18)16-27)12-9-17-8-11-20(14-23(17)21)34(30,31)19-6-4-3-5-7-19/h2*3-8,10-11,13-14H,9,12,15-16H2,1-2H3. The average Bonchev–Trinajstić information content (AvgIpc) is 3.99. The molecule has 0 amide bonds. The molecule has 0 atom stereocenters. The molecule has 0 fully saturated rings. The van der Waals surface area contributed by atoms with Gasteiger partial charge in [-0.1, -0.05) is 72.8 Å². The monoisotopic (exact) mass is 952 g/mol. The van der Waals surface area contributed by atoms with Crippen LogP contribution in [0.5, 0.6) is 0 Å². The van der Waals surface area contributed by atoms with Gasteiger partial charge in [-0.2, -0.15) is 0 Å². The van der Waals surface area contributed by atoms with Crippen molar-refractivity contribution in [3.05, 3.63) is 166 Å². The normalized spacial score (nSPS) is 15.6. The minimum absolute atomic E-state index is 0.211. The minimum atomic E-state index is -3.66. The molecule has 0 spiro atoms. The van der Waals surface area contributed by atoms with Crippen LogP contribution in [0, 0.1) is 10.8 Å². The summed E-state index contributed by atoms with van der Waals surface area (Å²) in [5.41, 5.74) is 8.84. The quantitative estimate of drug-likeness (QED) is 0.0840. The largest absolute Gasteiger partial charge is 0.468 e. The lowest BCUT2D eigenvalue weighted by atomic mass is 9.81. The van der Waals surface area contributed by atoms with Gasteiger partial charge in [0.2, 0.25) is 19.7 Å². The zero-order chi connectivity index (χ0) is 48.2. The molecular weight excluding hydrogens is 905 g/mol. The highest BCUT2D eigenvalue weighted by atomic mass is 32.2. The molecule has 68 heavy (non-hydrogen) atoms. The molecule has 14 heteroatoms. The number of benzene rings is 6. The van der Waals surface area contributed by atoms with Gasteiger partial charge in [0.15, 0.2) is 10.8 Å². The van der Waals surface area contributed by atoms with E-state index in [-0.39, 0.29) is 45.3 Å². The summed E-state index contributed by atoms with van der Waals surface area (Å²) < 4.78 is 72.8. The van der Waals surface area contributed by atoms with E-state index in [1.54, 1.807) is 84.9 Å². The smallest absolute Gasteiger partial charge is 0.323 e. The molecule has 10 rings (SSSR count). The van der Waals surface area contributed by atoms with Crippen molar-refractivity contribution in [1.29, 1.82) is 0 Å². The van der Waals surface area contributed by atoms with Crippen molar-refractivity contribution in [2.24, 2.45) is 10.8 Å². The Kier molecular flexibility index (Phi) is 12.0. The van der Waals surface area contributed by atoms with Gasteiger partial charge < -0.3 is 18.9 Å². The Morgan fingerprint density at radius 3 is 1.04 bits per heavy atom. The number of carbonyl (C=O) groups is 4. The predicted molar refractivity (Wildman–Crippen MR) is 250 cm³/mol. The fourth-order valence-electron chi connectivity index (χ4n) is 10.6. The lowest BCUT2D eigenvalue weighted by Crippen LogP contribution is -2.42. The summed E-state index contributed by atoms with van der Waals surface area (Å²) in [6, 6.07) is 35.1. The Bertz CT molecular complexity index is 3030. The Balaban J connectivity index is 0.000000170. The molecule has 0 unspecified atom stereocenters. The molecule has 0 saturated carbocycles. The summed E-state index contributed by atoms with van der Waals surface area (Å²) in [5.74, 6) is -2.40. The van der Waals surface area contributed by atoms with Gasteiger partial charge in [0.25, 0.3) is 0 Å². The van der Waals surface area contributed by atoms with E-state index in [0.717, 1.165) is 92.4 Å². The Morgan fingerprint density at radius 2 is 0.706 bits per heavy atom. The van der Waals surface area contributed by atoms with Crippen molar-refractivity contribution in [3.8, 4) is 22.3 Å². The molecule has 348 valence electrons. The first-order chi connectivity index (χ1) is 32.6. The number of hydrogen-bond donors (Lipinski definition) is 0. The second-order valence-corrected chi connectivity index (χ2v) is 21.5. The van der Waals surface area contributed by atoms with Crippen LogP contribution in [-0.2, 0) is 109 Å². The van der Waals surface area contributed by atoms with E-state index >= 15 is 0 Å². The first-order valence-electron chi connectivity index (χ1n) is 22.1. The Morgan fingerprint density at radius 1 is 0.368 bits per heavy atom. The molecule has 0 bridgehead atoms. The van der Waals surface area contributed by atoms with E-state index in [4.69, 9.17) is 18.9 Å². The van der Waals surface area contributed by atoms with Crippen LogP contribution in [0.3, 0.4) is 0 Å². The van der Waals surface area contributed by atoms with Gasteiger partial charge in [-0.05, 0) is 154 Å². The molecule has 0 N–H and O–H groups in total. The molecule has 0 aliphatic heterocycles. The van der Waals surface area contributed by atoms with Gasteiger partial charge in [-0.15, -0.1) is 0 Å². The molecule has 0 saturated heterocycles. The third kappa shape index (κ3) is 7.50. The van der Waals surface area contributed by atoms with E-state index < -0.39 is 54.4 Å². The third-order valence-corrected chi connectivity index (χ3v) is 17.6. The number of methoxy groups -OCH3 is 4. The zero-order valence-corrected chi connectivity index (χ0v) is 39.6. The molecule has 4 aliphatic carbocycles. The van der Waals surface area contributed by atoms with Crippen LogP contribution in [0.2, 0.25) is 0 Å². The van der Waals surface area contributed by atoms with Crippen molar-refractivity contribution in [3.63, 3.8) is 0 Å². The zero-order valence-electron chi connectivity index (χ0n) is 37.9. The van der Waals surface area contributed by atoms with Crippen LogP contribution >= 0.6 is 0 Å². The number of sulfone groups is 2. The summed E-state index contributed by atoms with van der Waals surface area (Å²) in [7, 11) is -2.22. The second-order valence-electron chi connectivity index (χ2n) is 17.6. The molecule has 4 aliphatic rings. The summed E-state index contributed by atoms with van der Waals surface area (Å²) in [5, 5.41) is 0. The summed E-state index contributed by atoms with van der Waals surface area (Å²) >= 11 is 0. The highest BCUT2D eigenvalue weighted by Crippen LogP contribution is 2.48. The molecule has 0 heterocycles. The van der Waals surface area contributed by atoms with Gasteiger partial charge in [0, 0.05) is 12.8 Å². The highest BCUT2D eigenvalue weighted by molar-refractivity contribution is 7.91. The maximum absolute atomic E-state index is 13.2. The maximum atomic E-state index is 13.2. The van der Waals surface area contributed by atoms with Crippen molar-refractivity contribution in [2.75, 3.05) is 28.4 Å². The Hall–Kier alpha value is -6.90. The second kappa shape index (κ2) is 17.6. The number of aryl methyl sites for hydroxylation is 2. The predicted octanol–water partition coefficient (Wildman–Crippen LogP) is 7.43. The SMILES string of the molecule is COC(=O)C1(C(=O)OC)Cc2ccc3c(c2C1)CCc1ccc(S(=O)(=O)c2ccccc2)cc1-3.COC(=O)C1(C(=O)OC)Cc2ccc3c(c2C1)CCc1ccc(S(=O)(=O)c2ccccc2)cc1-3. The summed E-state index contributed by atoms with van der Waals surface area (Å²) in [4.78, 5) is 51.7. The number of esters is 4. The summed E-state index contributed by atoms with van der Waals surface area (Å²) in [6.07, 6.45) is 3.85. The van der Waals surface area contributed by atoms with Gasteiger partial charge >= 0.3 is 23.9 Å². The van der Waals surface area contributed by atoms with Crippen LogP contribution in [0.25, 0.3) is 22.3 Å². The molecular formula is C54H48O12S2. The van der Waals surface area contributed by atoms with E-state index in [1.807, 2.05) is 36.4 Å². The fraction of sp³-hybridized carbons (Fsp3) is 0.259. The van der Waals surface area contributed by atoms with E-state index in [0.29, 0.717) is 0 Å². The Labute approximate surface area is 395 Å². The molecule has 0 aromatic heterocycles. The van der Waals surface area contributed by atoms with Crippen LogP contribution in [0.4, 0.5) is 0 Å². The van der Waals surface area contributed by atoms with Crippen molar-refractivity contribution >= 4 is 43.6 Å². The van der Waals surface area contributed by atoms with Gasteiger partial charge in [0.05, 0.1) is 48.0 Å². The molecule has 6 aromatic carbocycles. The molecule has 0 radical (unpaired) electrons. The average molecular weight is 953 g/mol. The number of hydrogen-bond acceptors (Lipinski definition) is 12. The van der Waals surface area contributed by atoms with Gasteiger partial charge in [-0.25, -0.2) is 16.8 Å². The highest BCUT2D eigenvalue weighted by Gasteiger charge is 2.54. The number of rotatable bonds is 8.